The van der Waals surface area contributed by atoms with Gasteiger partial charge in [0.05, 0.1) is 17.9 Å². The molecule has 1 saturated heterocycles. The van der Waals surface area contributed by atoms with Crippen LogP contribution >= 0.6 is 11.3 Å². The van der Waals surface area contributed by atoms with E-state index in [0.29, 0.717) is 18.9 Å². The van der Waals surface area contributed by atoms with Gasteiger partial charge in [-0.3, -0.25) is 9.69 Å². The van der Waals surface area contributed by atoms with Gasteiger partial charge in [-0.1, -0.05) is 0 Å². The number of primary amides is 1. The number of rotatable bonds is 7. The van der Waals surface area contributed by atoms with Crippen LogP contribution in [-0.4, -0.2) is 48.8 Å². The number of aromatic nitrogens is 1. The normalized spacial score (nSPS) is 16.9. The molecule has 1 fully saturated rings. The Kier molecular flexibility index (Phi) is 6.47. The highest BCUT2D eigenvalue weighted by atomic mass is 32.2. The second-order valence-electron chi connectivity index (χ2n) is 9.18. The zero-order valence-corrected chi connectivity index (χ0v) is 20.5. The van der Waals surface area contributed by atoms with Crippen LogP contribution in [0.25, 0.3) is 22.0 Å². The summed E-state index contributed by atoms with van der Waals surface area (Å²) in [5.74, 6) is 0.292. The zero-order chi connectivity index (χ0) is 23.0. The predicted octanol–water partition coefficient (Wildman–Crippen LogP) is 4.06. The molecule has 0 unspecified atom stereocenters. The van der Waals surface area contributed by atoms with Gasteiger partial charge in [-0.05, 0) is 85.5 Å². The molecule has 3 heterocycles. The summed E-state index contributed by atoms with van der Waals surface area (Å²) >= 11 is 1.74. The topological polar surface area (TPSA) is 96.3 Å². The first kappa shape index (κ1) is 23.0. The summed E-state index contributed by atoms with van der Waals surface area (Å²) < 4.78 is 23.8. The maximum atomic E-state index is 11.9. The van der Waals surface area contributed by atoms with Gasteiger partial charge in [0.15, 0.2) is 0 Å². The molecule has 0 bridgehead atoms. The van der Waals surface area contributed by atoms with E-state index < -0.39 is 9.84 Å². The molecule has 3 N–H and O–H groups in total. The van der Waals surface area contributed by atoms with Crippen LogP contribution in [0.15, 0.2) is 29.8 Å². The number of hydrogen-bond donors (Lipinski definition) is 2. The van der Waals surface area contributed by atoms with Gasteiger partial charge in [-0.25, -0.2) is 8.42 Å². The SMILES string of the molecule is CC(C)N(C)Cc1cc(-c2cc(CC(N)=O)c3[nH]cc(C4CCS(=O)(=O)CC4)c3c2)cs1. The standard InChI is InChI=1S/C24H31N3O3S2/c1-15(2)27(3)13-20-9-19(14-31-20)17-8-18(11-23(25)28)24-21(10-17)22(12-26-24)16-4-6-32(29,30)7-5-16/h8-10,12,14-16,26H,4-7,11,13H2,1-3H3,(H2,25,28). The van der Waals surface area contributed by atoms with Crippen LogP contribution in [0.4, 0.5) is 0 Å². The Bertz CT molecular complexity index is 1230. The van der Waals surface area contributed by atoms with E-state index in [4.69, 9.17) is 5.73 Å². The molecule has 0 atom stereocenters. The van der Waals surface area contributed by atoms with Gasteiger partial charge in [-0.2, -0.15) is 0 Å². The number of fused-ring (bicyclic) bond motifs is 1. The molecule has 2 aromatic heterocycles. The smallest absolute Gasteiger partial charge is 0.221 e. The number of nitrogens with two attached hydrogens (primary N) is 1. The van der Waals surface area contributed by atoms with Gasteiger partial charge < -0.3 is 10.7 Å². The predicted molar refractivity (Wildman–Crippen MR) is 132 cm³/mol. The number of hydrogen-bond acceptors (Lipinski definition) is 5. The highest BCUT2D eigenvalue weighted by Gasteiger charge is 2.27. The lowest BCUT2D eigenvalue weighted by Crippen LogP contribution is -2.25. The number of sulfone groups is 1. The van der Waals surface area contributed by atoms with Crippen molar-refractivity contribution in [3.05, 3.63) is 45.8 Å². The summed E-state index contributed by atoms with van der Waals surface area (Å²) in [7, 11) is -0.800. The van der Waals surface area contributed by atoms with E-state index in [9.17, 15) is 13.2 Å². The molecule has 6 nitrogen and oxygen atoms in total. The minimum Gasteiger partial charge on any atom is -0.369 e. The van der Waals surface area contributed by atoms with Crippen LogP contribution in [0.1, 0.15) is 48.6 Å². The van der Waals surface area contributed by atoms with Crippen molar-refractivity contribution in [1.82, 2.24) is 9.88 Å². The number of H-pyrrole nitrogens is 1. The van der Waals surface area contributed by atoms with E-state index in [1.165, 1.54) is 4.88 Å². The molecule has 1 aromatic carbocycles. The third-order valence-electron chi connectivity index (χ3n) is 6.54. The lowest BCUT2D eigenvalue weighted by atomic mass is 9.91. The Morgan fingerprint density at radius 1 is 1.22 bits per heavy atom. The fraction of sp³-hybridized carbons (Fsp3) is 0.458. The fourth-order valence-electron chi connectivity index (χ4n) is 4.40. The highest BCUT2D eigenvalue weighted by molar-refractivity contribution is 7.91. The van der Waals surface area contributed by atoms with Gasteiger partial charge in [0.2, 0.25) is 5.91 Å². The minimum absolute atomic E-state index is 0.163. The molecule has 3 aromatic rings. The number of amides is 1. The van der Waals surface area contributed by atoms with Crippen LogP contribution in [0.3, 0.4) is 0 Å². The number of carbonyl (C=O) groups excluding carboxylic acids is 1. The van der Waals surface area contributed by atoms with Crippen molar-refractivity contribution < 1.29 is 13.2 Å². The average molecular weight is 474 g/mol. The number of aromatic amines is 1. The molecule has 0 spiro atoms. The van der Waals surface area contributed by atoms with Crippen molar-refractivity contribution >= 4 is 38.0 Å². The molecule has 4 rings (SSSR count). The third-order valence-corrected chi connectivity index (χ3v) is 9.17. The summed E-state index contributed by atoms with van der Waals surface area (Å²) in [4.78, 5) is 18.7. The molecule has 1 amide bonds. The van der Waals surface area contributed by atoms with Crippen LogP contribution < -0.4 is 5.73 Å². The molecular weight excluding hydrogens is 442 g/mol. The molecular formula is C24H31N3O3S2. The summed E-state index contributed by atoms with van der Waals surface area (Å²) in [6.45, 7) is 5.26. The summed E-state index contributed by atoms with van der Waals surface area (Å²) in [6.07, 6.45) is 3.41. The van der Waals surface area contributed by atoms with Crippen molar-refractivity contribution in [2.75, 3.05) is 18.6 Å². The van der Waals surface area contributed by atoms with Crippen molar-refractivity contribution in [2.45, 2.75) is 51.6 Å². The second kappa shape index (κ2) is 9.00. The quantitative estimate of drug-likeness (QED) is 0.541. The van der Waals surface area contributed by atoms with E-state index in [2.05, 4.69) is 54.4 Å². The Morgan fingerprint density at radius 3 is 2.59 bits per heavy atom. The first-order valence-electron chi connectivity index (χ1n) is 11.0. The molecule has 8 heteroatoms. The van der Waals surface area contributed by atoms with Crippen molar-refractivity contribution in [2.24, 2.45) is 5.73 Å². The van der Waals surface area contributed by atoms with Crippen LogP contribution in [0, 0.1) is 0 Å². The molecule has 172 valence electrons. The van der Waals surface area contributed by atoms with Crippen molar-refractivity contribution in [1.29, 1.82) is 0 Å². The lowest BCUT2D eigenvalue weighted by Gasteiger charge is -2.21. The van der Waals surface area contributed by atoms with E-state index in [1.807, 2.05) is 6.20 Å². The fourth-order valence-corrected chi connectivity index (χ4v) is 6.85. The first-order valence-corrected chi connectivity index (χ1v) is 13.7. The number of nitrogens with one attached hydrogen (secondary N) is 1. The van der Waals surface area contributed by atoms with Crippen LogP contribution in [0.5, 0.6) is 0 Å². The highest BCUT2D eigenvalue weighted by Crippen LogP contribution is 2.38. The van der Waals surface area contributed by atoms with E-state index in [0.717, 1.165) is 39.7 Å². The Balaban J connectivity index is 1.73. The summed E-state index contributed by atoms with van der Waals surface area (Å²) in [5, 5.41) is 3.23. The number of benzene rings is 1. The number of thiophene rings is 1. The molecule has 0 aliphatic carbocycles. The van der Waals surface area contributed by atoms with Gasteiger partial charge in [-0.15, -0.1) is 11.3 Å². The largest absolute Gasteiger partial charge is 0.369 e. The zero-order valence-electron chi connectivity index (χ0n) is 18.8. The summed E-state index contributed by atoms with van der Waals surface area (Å²) in [6, 6.07) is 6.92. The minimum atomic E-state index is -2.92. The maximum Gasteiger partial charge on any atom is 0.221 e. The Labute approximate surface area is 193 Å². The van der Waals surface area contributed by atoms with Gasteiger partial charge in [0.25, 0.3) is 0 Å². The van der Waals surface area contributed by atoms with E-state index in [1.54, 1.807) is 11.3 Å². The second-order valence-corrected chi connectivity index (χ2v) is 12.5. The monoisotopic (exact) mass is 473 g/mol. The van der Waals surface area contributed by atoms with Gasteiger partial charge in [0, 0.05) is 34.6 Å². The van der Waals surface area contributed by atoms with Gasteiger partial charge >= 0.3 is 0 Å². The number of nitrogens with zero attached hydrogens (tertiary/aromatic N) is 1. The van der Waals surface area contributed by atoms with E-state index >= 15 is 0 Å². The lowest BCUT2D eigenvalue weighted by molar-refractivity contribution is -0.117. The summed E-state index contributed by atoms with van der Waals surface area (Å²) in [5.41, 5.74) is 10.7. The third kappa shape index (κ3) is 4.92. The van der Waals surface area contributed by atoms with Crippen LogP contribution in [-0.2, 0) is 27.6 Å². The van der Waals surface area contributed by atoms with Gasteiger partial charge in [0.1, 0.15) is 9.84 Å². The molecule has 0 saturated carbocycles. The van der Waals surface area contributed by atoms with Crippen molar-refractivity contribution in [3.8, 4) is 11.1 Å². The number of carbonyl (C=O) groups is 1. The molecule has 32 heavy (non-hydrogen) atoms. The Morgan fingerprint density at radius 2 is 1.94 bits per heavy atom. The van der Waals surface area contributed by atoms with Crippen LogP contribution in [0.2, 0.25) is 0 Å². The molecule has 0 radical (unpaired) electrons. The molecule has 1 aliphatic rings. The average Bonchev–Trinajstić information content (AvgIpc) is 3.35. The Hall–Kier alpha value is -2.16. The first-order chi connectivity index (χ1) is 15.1. The maximum absolute atomic E-state index is 11.9. The van der Waals surface area contributed by atoms with Crippen molar-refractivity contribution in [3.63, 3.8) is 0 Å². The van der Waals surface area contributed by atoms with E-state index in [-0.39, 0.29) is 29.8 Å². The molecule has 1 aliphatic heterocycles.